The number of nitrogens with zero attached hydrogens (tertiary/aromatic N) is 1. The summed E-state index contributed by atoms with van der Waals surface area (Å²) in [7, 11) is -0.930. The second-order valence-electron chi connectivity index (χ2n) is 6.18. The summed E-state index contributed by atoms with van der Waals surface area (Å²) in [4.78, 5) is 4.47. The fourth-order valence-corrected chi connectivity index (χ4v) is 4.17. The second-order valence-corrected chi connectivity index (χ2v) is 8.54. The van der Waals surface area contributed by atoms with Crippen LogP contribution in [0.4, 0.5) is 0 Å². The van der Waals surface area contributed by atoms with Crippen LogP contribution in [0.2, 0.25) is 0 Å². The van der Waals surface area contributed by atoms with Crippen molar-refractivity contribution in [2.45, 2.75) is 25.2 Å². The van der Waals surface area contributed by atoms with Gasteiger partial charge in [-0.05, 0) is 41.8 Å². The molecule has 0 amide bonds. The maximum atomic E-state index is 12.2. The molecule has 150 valence electrons. The maximum absolute atomic E-state index is 12.2. The predicted molar refractivity (Wildman–Crippen MR) is 126 cm³/mol. The molecule has 0 aliphatic carbocycles. The van der Waals surface area contributed by atoms with Gasteiger partial charge < -0.3 is 15.7 Å². The van der Waals surface area contributed by atoms with E-state index in [2.05, 4.69) is 15.6 Å². The third kappa shape index (κ3) is 8.71. The summed E-state index contributed by atoms with van der Waals surface area (Å²) < 4.78 is 12.2. The molecule has 27 heavy (non-hydrogen) atoms. The molecule has 0 saturated heterocycles. The molecule has 0 radical (unpaired) electrons. The number of guanidine groups is 1. The van der Waals surface area contributed by atoms with Crippen LogP contribution in [0.3, 0.4) is 0 Å². The summed E-state index contributed by atoms with van der Waals surface area (Å²) in [6.07, 6.45) is 0. The lowest BCUT2D eigenvalue weighted by Crippen LogP contribution is -2.40. The maximum Gasteiger partial charge on any atom is 0.191 e. The zero-order valence-corrected chi connectivity index (χ0v) is 19.6. The van der Waals surface area contributed by atoms with E-state index in [-0.39, 0.29) is 30.5 Å². The zero-order valence-electron chi connectivity index (χ0n) is 15.7. The Morgan fingerprint density at radius 3 is 2.63 bits per heavy atom. The van der Waals surface area contributed by atoms with E-state index < -0.39 is 16.4 Å². The Labute approximate surface area is 185 Å². The lowest BCUT2D eigenvalue weighted by atomic mass is 10.00. The molecule has 2 aromatic rings. The molecule has 5 nitrogen and oxygen atoms in total. The molecule has 1 heterocycles. The highest BCUT2D eigenvalue weighted by atomic mass is 127. The fraction of sp³-hybridized carbons (Fsp3) is 0.421. The third-order valence-electron chi connectivity index (χ3n) is 3.83. The Morgan fingerprint density at radius 2 is 2.00 bits per heavy atom. The first-order valence-electron chi connectivity index (χ1n) is 8.67. The van der Waals surface area contributed by atoms with Crippen molar-refractivity contribution >= 4 is 52.1 Å². The molecule has 1 aromatic heterocycles. The predicted octanol–water partition coefficient (Wildman–Crippen LogP) is 3.08. The summed E-state index contributed by atoms with van der Waals surface area (Å²) in [6, 6.07) is 11.8. The van der Waals surface area contributed by atoms with Crippen LogP contribution in [-0.4, -0.2) is 40.7 Å². The highest BCUT2D eigenvalue weighted by Crippen LogP contribution is 2.23. The van der Waals surface area contributed by atoms with Crippen molar-refractivity contribution < 1.29 is 9.32 Å². The number of hydrogen-bond acceptors (Lipinski definition) is 4. The number of aliphatic imine (C=N–C) groups is 1. The van der Waals surface area contributed by atoms with Gasteiger partial charge in [-0.25, -0.2) is 4.99 Å². The summed E-state index contributed by atoms with van der Waals surface area (Å²) >= 11 is 1.56. The smallest absolute Gasteiger partial charge is 0.191 e. The molecular formula is C19H28IN3O2S2. The van der Waals surface area contributed by atoms with Crippen LogP contribution >= 0.6 is 35.3 Å². The minimum atomic E-state index is -1.00. The lowest BCUT2D eigenvalue weighted by Gasteiger charge is -2.21. The summed E-state index contributed by atoms with van der Waals surface area (Å²) in [6.45, 7) is 5.29. The van der Waals surface area contributed by atoms with Crippen LogP contribution in [0.15, 0.2) is 52.2 Å². The first-order chi connectivity index (χ1) is 12.5. The molecular weight excluding hydrogens is 493 g/mol. The minimum Gasteiger partial charge on any atom is -0.383 e. The monoisotopic (exact) mass is 521 g/mol. The average Bonchev–Trinajstić information content (AvgIpc) is 3.16. The van der Waals surface area contributed by atoms with Crippen molar-refractivity contribution in [1.82, 2.24) is 10.6 Å². The van der Waals surface area contributed by atoms with Gasteiger partial charge in [0, 0.05) is 35.4 Å². The first kappa shape index (κ1) is 24.1. The van der Waals surface area contributed by atoms with Crippen molar-refractivity contribution in [2.24, 2.45) is 4.99 Å². The summed E-state index contributed by atoms with van der Waals surface area (Å²) in [5.41, 5.74) is 0.947. The molecule has 0 bridgehead atoms. The molecule has 1 aromatic carbocycles. The molecule has 0 aliphatic heterocycles. The van der Waals surface area contributed by atoms with Gasteiger partial charge >= 0.3 is 0 Å². The van der Waals surface area contributed by atoms with E-state index in [0.717, 1.165) is 17.7 Å². The van der Waals surface area contributed by atoms with Gasteiger partial charge in [0.25, 0.3) is 0 Å². The van der Waals surface area contributed by atoms with Crippen LogP contribution in [0.5, 0.6) is 0 Å². The van der Waals surface area contributed by atoms with Crippen molar-refractivity contribution in [3.8, 4) is 0 Å². The SMILES string of the molecule is CCNC(=NCC(C)(O)c1ccsc1)NCCS(=O)Cc1ccccc1.I. The molecule has 2 unspecified atom stereocenters. The molecule has 2 rings (SSSR count). The highest BCUT2D eigenvalue weighted by molar-refractivity contribution is 14.0. The quantitative estimate of drug-likeness (QED) is 0.270. The third-order valence-corrected chi connectivity index (χ3v) is 5.82. The van der Waals surface area contributed by atoms with Crippen LogP contribution < -0.4 is 10.6 Å². The van der Waals surface area contributed by atoms with Crippen molar-refractivity contribution in [2.75, 3.05) is 25.4 Å². The van der Waals surface area contributed by atoms with E-state index in [9.17, 15) is 9.32 Å². The number of thiophene rings is 1. The molecule has 0 aliphatic rings. The lowest BCUT2D eigenvalue weighted by molar-refractivity contribution is 0.0677. The Kier molecular flexibility index (Phi) is 11.1. The molecule has 0 saturated carbocycles. The zero-order chi connectivity index (χ0) is 18.8. The van der Waals surface area contributed by atoms with Crippen LogP contribution in [-0.2, 0) is 22.2 Å². The van der Waals surface area contributed by atoms with Crippen LogP contribution in [0, 0.1) is 0 Å². The fourth-order valence-electron chi connectivity index (χ4n) is 2.35. The summed E-state index contributed by atoms with van der Waals surface area (Å²) in [5, 5.41) is 20.8. The number of hydrogen-bond donors (Lipinski definition) is 3. The number of benzene rings is 1. The highest BCUT2D eigenvalue weighted by Gasteiger charge is 2.23. The van der Waals surface area contributed by atoms with Gasteiger partial charge in [-0.15, -0.1) is 24.0 Å². The second kappa shape index (κ2) is 12.5. The number of halogens is 1. The molecule has 0 fully saturated rings. The largest absolute Gasteiger partial charge is 0.383 e. The van der Waals surface area contributed by atoms with Gasteiger partial charge in [0.05, 0.1) is 6.54 Å². The molecule has 2 atom stereocenters. The molecule has 8 heteroatoms. The van der Waals surface area contributed by atoms with Crippen molar-refractivity contribution in [3.63, 3.8) is 0 Å². The number of nitrogens with one attached hydrogen (secondary N) is 2. The van der Waals surface area contributed by atoms with E-state index in [0.29, 0.717) is 24.0 Å². The molecule has 0 spiro atoms. The van der Waals surface area contributed by atoms with E-state index in [4.69, 9.17) is 0 Å². The van der Waals surface area contributed by atoms with Crippen molar-refractivity contribution in [3.05, 3.63) is 58.3 Å². The topological polar surface area (TPSA) is 73.7 Å². The Bertz CT molecular complexity index is 707. The minimum absolute atomic E-state index is 0. The number of rotatable bonds is 9. The van der Waals surface area contributed by atoms with Gasteiger partial charge in [-0.3, -0.25) is 4.21 Å². The Morgan fingerprint density at radius 1 is 1.26 bits per heavy atom. The van der Waals surface area contributed by atoms with Crippen LogP contribution in [0.25, 0.3) is 0 Å². The summed E-state index contributed by atoms with van der Waals surface area (Å²) in [5.74, 6) is 1.73. The van der Waals surface area contributed by atoms with E-state index in [1.165, 1.54) is 0 Å². The Hall–Kier alpha value is -0.970. The van der Waals surface area contributed by atoms with Gasteiger partial charge in [0.15, 0.2) is 5.96 Å². The van der Waals surface area contributed by atoms with Gasteiger partial charge in [0.2, 0.25) is 0 Å². The van der Waals surface area contributed by atoms with E-state index in [1.54, 1.807) is 18.3 Å². The van der Waals surface area contributed by atoms with Gasteiger partial charge in [-0.1, -0.05) is 30.3 Å². The Balaban J connectivity index is 0.00000364. The van der Waals surface area contributed by atoms with Gasteiger partial charge in [0.1, 0.15) is 5.60 Å². The van der Waals surface area contributed by atoms with Gasteiger partial charge in [-0.2, -0.15) is 11.3 Å². The van der Waals surface area contributed by atoms with E-state index >= 15 is 0 Å². The van der Waals surface area contributed by atoms with Crippen LogP contribution in [0.1, 0.15) is 25.0 Å². The van der Waals surface area contributed by atoms with E-state index in [1.807, 2.05) is 54.1 Å². The molecule has 3 N–H and O–H groups in total. The standard InChI is InChI=1S/C19H27N3O2S2.HI/c1-3-20-18(22-15-19(2,23)17-9-11-25-13-17)21-10-12-26(24)14-16-7-5-4-6-8-16;/h4-9,11,13,23H,3,10,12,14-15H2,1-2H3,(H2,20,21,22);1H. The average molecular weight is 521 g/mol. The number of aliphatic hydroxyl groups is 1. The first-order valence-corrected chi connectivity index (χ1v) is 11.1. The normalized spacial score (nSPS) is 14.7. The van der Waals surface area contributed by atoms with Crippen molar-refractivity contribution in [1.29, 1.82) is 0 Å².